The number of hydrogen-bond donors (Lipinski definition) is 0. The Hall–Kier alpha value is -5.31. The SMILES string of the molecule is Cn1c(=O)c2c3oc4ccccc4oc3c3c(oc4ccccc4n3C(=O)Oc3ccccc3)c2c1=O. The van der Waals surface area contributed by atoms with E-state index in [4.69, 9.17) is 18.0 Å². The zero-order valence-electron chi connectivity index (χ0n) is 19.3. The summed E-state index contributed by atoms with van der Waals surface area (Å²) in [7, 11) is 1.37. The van der Waals surface area contributed by atoms with Gasteiger partial charge in [0.15, 0.2) is 33.5 Å². The molecule has 0 aliphatic carbocycles. The van der Waals surface area contributed by atoms with E-state index in [0.717, 1.165) is 4.57 Å². The first-order chi connectivity index (χ1) is 18.0. The lowest BCUT2D eigenvalue weighted by Gasteiger charge is -2.15. The molecule has 0 aliphatic rings. The van der Waals surface area contributed by atoms with Crippen molar-refractivity contribution in [3.8, 4) is 5.75 Å². The number of carbonyl (C=O) groups excluding carboxylic acids is 1. The quantitative estimate of drug-likeness (QED) is 0.213. The molecule has 180 valence electrons. The average Bonchev–Trinajstić information content (AvgIpc) is 3.15. The topological polar surface area (TPSA) is 110 Å². The molecule has 0 amide bonds. The van der Waals surface area contributed by atoms with E-state index in [2.05, 4.69) is 0 Å². The average molecular weight is 492 g/mol. The molecule has 0 radical (unpaired) electrons. The summed E-state index contributed by atoms with van der Waals surface area (Å²) in [5.74, 6) is 0.321. The van der Waals surface area contributed by atoms with E-state index >= 15 is 0 Å². The fraction of sp³-hybridized carbons (Fsp3) is 0.0357. The maximum absolute atomic E-state index is 13.7. The van der Waals surface area contributed by atoms with E-state index < -0.39 is 17.2 Å². The summed E-state index contributed by atoms with van der Waals surface area (Å²) in [6.45, 7) is 0. The van der Waals surface area contributed by atoms with Gasteiger partial charge < -0.3 is 18.0 Å². The molecule has 0 N–H and O–H groups in total. The van der Waals surface area contributed by atoms with Gasteiger partial charge in [0, 0.05) is 7.05 Å². The maximum Gasteiger partial charge on any atom is 0.424 e. The third kappa shape index (κ3) is 2.94. The second-order valence-electron chi connectivity index (χ2n) is 8.49. The number of benzene rings is 4. The van der Waals surface area contributed by atoms with Crippen molar-refractivity contribution in [2.24, 2.45) is 7.05 Å². The van der Waals surface area contributed by atoms with Crippen LogP contribution in [0.3, 0.4) is 0 Å². The Balaban J connectivity index is 1.76. The van der Waals surface area contributed by atoms with Gasteiger partial charge in [-0.15, -0.1) is 0 Å². The van der Waals surface area contributed by atoms with Crippen LogP contribution < -0.4 is 15.9 Å². The van der Waals surface area contributed by atoms with E-state index in [9.17, 15) is 14.4 Å². The summed E-state index contributed by atoms with van der Waals surface area (Å²) in [4.78, 5) is 40.2. The summed E-state index contributed by atoms with van der Waals surface area (Å²) in [6, 6.07) is 22.3. The molecule has 9 heteroatoms. The van der Waals surface area contributed by atoms with Gasteiger partial charge in [-0.3, -0.25) is 14.2 Å². The van der Waals surface area contributed by atoms with Crippen molar-refractivity contribution in [1.82, 2.24) is 9.13 Å². The predicted molar refractivity (Wildman–Crippen MR) is 137 cm³/mol. The molecule has 9 nitrogen and oxygen atoms in total. The van der Waals surface area contributed by atoms with Crippen LogP contribution in [0.25, 0.3) is 55.3 Å². The molecule has 0 spiro atoms. The first-order valence-corrected chi connectivity index (χ1v) is 11.4. The molecule has 0 aliphatic heterocycles. The lowest BCUT2D eigenvalue weighted by molar-refractivity contribution is 0.204. The molecule has 4 aromatic carbocycles. The minimum Gasteiger partial charge on any atom is -0.452 e. The Morgan fingerprint density at radius 2 is 1.22 bits per heavy atom. The summed E-state index contributed by atoms with van der Waals surface area (Å²) in [6.07, 6.45) is -0.766. The third-order valence-electron chi connectivity index (χ3n) is 6.32. The van der Waals surface area contributed by atoms with Crippen LogP contribution in [-0.2, 0) is 7.05 Å². The fourth-order valence-electron chi connectivity index (χ4n) is 4.62. The van der Waals surface area contributed by atoms with Gasteiger partial charge in [0.2, 0.25) is 0 Å². The van der Waals surface area contributed by atoms with Crippen molar-refractivity contribution in [2.75, 3.05) is 0 Å². The second-order valence-corrected chi connectivity index (χ2v) is 8.49. The van der Waals surface area contributed by atoms with Crippen molar-refractivity contribution in [3.05, 3.63) is 99.6 Å². The summed E-state index contributed by atoms with van der Waals surface area (Å²) >= 11 is 0. The maximum atomic E-state index is 13.7. The standard InChI is InChI=1S/C28H16N2O7/c1-29-26(31)20-21(27(29)32)24-25(37-19-14-8-7-13-18(19)36-24)22-23(20)35-17-12-6-5-11-16(17)30(22)28(33)34-15-9-3-2-4-10-15/h2-14H,1H3. The first-order valence-electron chi connectivity index (χ1n) is 11.4. The van der Waals surface area contributed by atoms with Crippen molar-refractivity contribution in [2.45, 2.75) is 0 Å². The molecular formula is C28H16N2O7. The largest absolute Gasteiger partial charge is 0.452 e. The smallest absolute Gasteiger partial charge is 0.424 e. The van der Waals surface area contributed by atoms with Gasteiger partial charge in [0.25, 0.3) is 11.1 Å². The van der Waals surface area contributed by atoms with Gasteiger partial charge in [-0.25, -0.2) is 9.36 Å². The molecule has 7 rings (SSSR count). The van der Waals surface area contributed by atoms with E-state index in [1.165, 1.54) is 11.6 Å². The van der Waals surface area contributed by atoms with Crippen LogP contribution in [0.5, 0.6) is 5.75 Å². The molecule has 3 aromatic heterocycles. The van der Waals surface area contributed by atoms with Crippen molar-refractivity contribution >= 4 is 61.4 Å². The number of aromatic nitrogens is 2. The molecular weight excluding hydrogens is 476 g/mol. The highest BCUT2D eigenvalue weighted by Gasteiger charge is 2.28. The van der Waals surface area contributed by atoms with E-state index in [0.29, 0.717) is 28.0 Å². The Morgan fingerprint density at radius 3 is 1.92 bits per heavy atom. The van der Waals surface area contributed by atoms with Crippen LogP contribution in [0.15, 0.2) is 102 Å². The molecule has 37 heavy (non-hydrogen) atoms. The summed E-state index contributed by atoms with van der Waals surface area (Å²) in [5.41, 5.74) is 0.432. The normalized spacial score (nSPS) is 11.7. The van der Waals surface area contributed by atoms with Gasteiger partial charge in [0.1, 0.15) is 22.0 Å². The Bertz CT molecular complexity index is 2190. The van der Waals surface area contributed by atoms with Crippen LogP contribution in [-0.4, -0.2) is 15.2 Å². The van der Waals surface area contributed by atoms with E-state index in [1.807, 2.05) is 0 Å². The highest BCUT2D eigenvalue weighted by atomic mass is 16.6. The minimum absolute atomic E-state index is 0.00291. The number of fused-ring (bicyclic) bond motifs is 8. The Kier molecular flexibility index (Phi) is 4.31. The highest BCUT2D eigenvalue weighted by molar-refractivity contribution is 6.21. The van der Waals surface area contributed by atoms with Gasteiger partial charge >= 0.3 is 6.09 Å². The lowest BCUT2D eigenvalue weighted by Crippen LogP contribution is -2.21. The number of nitrogens with zero attached hydrogens (tertiary/aromatic N) is 2. The molecule has 0 fully saturated rings. The summed E-state index contributed by atoms with van der Waals surface area (Å²) < 4.78 is 26.5. The molecule has 3 heterocycles. The van der Waals surface area contributed by atoms with Crippen molar-refractivity contribution in [1.29, 1.82) is 0 Å². The number of carbonyl (C=O) groups is 1. The highest BCUT2D eigenvalue weighted by Crippen LogP contribution is 2.37. The van der Waals surface area contributed by atoms with Gasteiger partial charge in [-0.1, -0.05) is 42.5 Å². The van der Waals surface area contributed by atoms with Crippen molar-refractivity contribution in [3.63, 3.8) is 0 Å². The predicted octanol–water partition coefficient (Wildman–Crippen LogP) is 5.70. The Labute approximate surface area is 205 Å². The van der Waals surface area contributed by atoms with Crippen LogP contribution in [0.4, 0.5) is 4.79 Å². The van der Waals surface area contributed by atoms with Crippen LogP contribution in [0.2, 0.25) is 0 Å². The molecule has 7 aromatic rings. The van der Waals surface area contributed by atoms with Crippen LogP contribution in [0, 0.1) is 0 Å². The fourth-order valence-corrected chi connectivity index (χ4v) is 4.62. The number of rotatable bonds is 1. The first kappa shape index (κ1) is 21.0. The van der Waals surface area contributed by atoms with Gasteiger partial charge in [0.05, 0.1) is 5.52 Å². The molecule has 0 saturated carbocycles. The van der Waals surface area contributed by atoms with Gasteiger partial charge in [-0.05, 0) is 36.4 Å². The minimum atomic E-state index is -0.766. The van der Waals surface area contributed by atoms with Gasteiger partial charge in [-0.2, -0.15) is 0 Å². The lowest BCUT2D eigenvalue weighted by atomic mass is 10.1. The zero-order valence-corrected chi connectivity index (χ0v) is 19.3. The Morgan fingerprint density at radius 1 is 0.676 bits per heavy atom. The van der Waals surface area contributed by atoms with E-state index in [1.54, 1.807) is 78.9 Å². The second kappa shape index (κ2) is 7.59. The molecule has 0 atom stereocenters. The van der Waals surface area contributed by atoms with Crippen LogP contribution >= 0.6 is 0 Å². The van der Waals surface area contributed by atoms with E-state index in [-0.39, 0.29) is 33.0 Å². The van der Waals surface area contributed by atoms with Crippen LogP contribution in [0.1, 0.15) is 0 Å². The number of ether oxygens (including phenoxy) is 1. The molecule has 0 saturated heterocycles. The van der Waals surface area contributed by atoms with Crippen molar-refractivity contribution < 1.29 is 22.8 Å². The zero-order chi connectivity index (χ0) is 25.3. The third-order valence-corrected chi connectivity index (χ3v) is 6.32. The molecule has 0 unspecified atom stereocenters. The number of para-hydroxylation sites is 5. The number of hydrogen-bond acceptors (Lipinski definition) is 7. The molecule has 0 bridgehead atoms. The monoisotopic (exact) mass is 492 g/mol. The summed E-state index contributed by atoms with van der Waals surface area (Å²) in [5, 5.41) is -0.0113.